The number of phenols is 1. The van der Waals surface area contributed by atoms with Crippen LogP contribution in [0.15, 0.2) is 18.2 Å². The van der Waals surface area contributed by atoms with Gasteiger partial charge in [-0.1, -0.05) is 6.07 Å². The topological polar surface area (TPSA) is 83.5 Å². The maximum atomic E-state index is 12.0. The van der Waals surface area contributed by atoms with Gasteiger partial charge in [0.25, 0.3) is 5.91 Å². The molecule has 1 aromatic carbocycles. The first-order valence-electron chi connectivity index (χ1n) is 6.20. The number of carbonyl (C=O) groups excluding carboxylic acids is 1. The number of nitrogens with one attached hydrogen (secondary N) is 1. The van der Waals surface area contributed by atoms with Crippen molar-refractivity contribution in [3.63, 3.8) is 0 Å². The maximum Gasteiger partial charge on any atom is 0.251 e. The van der Waals surface area contributed by atoms with Crippen molar-refractivity contribution < 1.29 is 18.3 Å². The van der Waals surface area contributed by atoms with Gasteiger partial charge in [0.05, 0.1) is 11.0 Å². The molecule has 0 bridgehead atoms. The van der Waals surface area contributed by atoms with Crippen molar-refractivity contribution in [1.29, 1.82) is 0 Å². The third-order valence-corrected chi connectivity index (χ3v) is 5.78. The van der Waals surface area contributed by atoms with Crippen LogP contribution < -0.4 is 5.32 Å². The smallest absolute Gasteiger partial charge is 0.251 e. The van der Waals surface area contributed by atoms with Gasteiger partial charge < -0.3 is 10.4 Å². The predicted octanol–water partition coefficient (Wildman–Crippen LogP) is 1.01. The van der Waals surface area contributed by atoms with Gasteiger partial charge in [0, 0.05) is 17.7 Å². The van der Waals surface area contributed by atoms with E-state index in [9.17, 15) is 18.3 Å². The van der Waals surface area contributed by atoms with E-state index in [-0.39, 0.29) is 24.0 Å². The molecular weight excluding hydrogens is 266 g/mol. The van der Waals surface area contributed by atoms with E-state index in [4.69, 9.17) is 0 Å². The van der Waals surface area contributed by atoms with Gasteiger partial charge in [-0.25, -0.2) is 8.42 Å². The van der Waals surface area contributed by atoms with E-state index in [1.54, 1.807) is 19.1 Å². The molecule has 19 heavy (non-hydrogen) atoms. The number of carbonyl (C=O) groups is 1. The number of aromatic hydroxyl groups is 1. The molecule has 1 atom stereocenters. The summed E-state index contributed by atoms with van der Waals surface area (Å²) in [5, 5.41) is 11.7. The third-order valence-electron chi connectivity index (χ3n) is 3.50. The van der Waals surface area contributed by atoms with E-state index >= 15 is 0 Å². The summed E-state index contributed by atoms with van der Waals surface area (Å²) in [7, 11) is -3.05. The molecule has 1 aliphatic rings. The average molecular weight is 283 g/mol. The minimum absolute atomic E-state index is 0.0566. The highest BCUT2D eigenvalue weighted by Crippen LogP contribution is 2.21. The van der Waals surface area contributed by atoms with Crippen LogP contribution in [0.1, 0.15) is 28.8 Å². The quantitative estimate of drug-likeness (QED) is 0.867. The summed E-state index contributed by atoms with van der Waals surface area (Å²) in [6.45, 7) is 1.78. The Balaban J connectivity index is 2.04. The zero-order valence-corrected chi connectivity index (χ0v) is 11.5. The molecule has 6 heteroatoms. The highest BCUT2D eigenvalue weighted by Gasteiger charge is 2.31. The zero-order valence-electron chi connectivity index (χ0n) is 10.7. The molecule has 5 nitrogen and oxygen atoms in total. The Morgan fingerprint density at radius 2 is 2.21 bits per heavy atom. The Morgan fingerprint density at radius 3 is 2.84 bits per heavy atom. The molecule has 1 unspecified atom stereocenters. The predicted molar refractivity (Wildman–Crippen MR) is 72.0 cm³/mol. The second-order valence-electron chi connectivity index (χ2n) is 4.79. The Bertz CT molecular complexity index is 595. The van der Waals surface area contributed by atoms with Crippen LogP contribution in [0, 0.1) is 6.92 Å². The number of benzene rings is 1. The molecule has 1 heterocycles. The van der Waals surface area contributed by atoms with Crippen molar-refractivity contribution in [3.8, 4) is 5.75 Å². The summed E-state index contributed by atoms with van der Waals surface area (Å²) in [5.41, 5.74) is 0.865. The normalized spacial score (nSPS) is 21.2. The molecule has 1 aromatic rings. The van der Waals surface area contributed by atoms with Gasteiger partial charge in [-0.05, 0) is 31.9 Å². The van der Waals surface area contributed by atoms with Gasteiger partial charge in [-0.3, -0.25) is 4.79 Å². The molecule has 1 saturated heterocycles. The molecule has 104 valence electrons. The summed E-state index contributed by atoms with van der Waals surface area (Å²) in [5.74, 6) is -0.0877. The molecule has 0 aliphatic carbocycles. The van der Waals surface area contributed by atoms with Crippen molar-refractivity contribution >= 4 is 15.7 Å². The van der Waals surface area contributed by atoms with Crippen molar-refractivity contribution in [1.82, 2.24) is 5.32 Å². The van der Waals surface area contributed by atoms with Crippen LogP contribution in [0.25, 0.3) is 0 Å². The van der Waals surface area contributed by atoms with E-state index < -0.39 is 15.1 Å². The first-order chi connectivity index (χ1) is 8.92. The fourth-order valence-corrected chi connectivity index (χ4v) is 4.02. The minimum atomic E-state index is -3.05. The lowest BCUT2D eigenvalue weighted by atomic mass is 10.1. The number of hydrogen-bond donors (Lipinski definition) is 2. The minimum Gasteiger partial charge on any atom is -0.508 e. The summed E-state index contributed by atoms with van der Waals surface area (Å²) in [6.07, 6.45) is 1.26. The van der Waals surface area contributed by atoms with Gasteiger partial charge in [-0.2, -0.15) is 0 Å². The molecule has 0 aromatic heterocycles. The SMILES string of the molecule is Cc1c(O)cccc1C(=O)NCC1CCCS1(=O)=O. The van der Waals surface area contributed by atoms with Gasteiger partial charge >= 0.3 is 0 Å². The number of sulfone groups is 1. The molecule has 1 fully saturated rings. The average Bonchev–Trinajstić information content (AvgIpc) is 2.69. The van der Waals surface area contributed by atoms with Crippen LogP contribution >= 0.6 is 0 Å². The fraction of sp³-hybridized carbons (Fsp3) is 0.462. The van der Waals surface area contributed by atoms with Crippen LogP contribution in [0.2, 0.25) is 0 Å². The van der Waals surface area contributed by atoms with Crippen LogP contribution in [0.5, 0.6) is 5.75 Å². The lowest BCUT2D eigenvalue weighted by molar-refractivity contribution is 0.0952. The van der Waals surface area contributed by atoms with Crippen LogP contribution in [0.4, 0.5) is 0 Å². The van der Waals surface area contributed by atoms with Crippen molar-refractivity contribution in [2.24, 2.45) is 0 Å². The van der Waals surface area contributed by atoms with Crippen LogP contribution in [0.3, 0.4) is 0 Å². The monoisotopic (exact) mass is 283 g/mol. The highest BCUT2D eigenvalue weighted by atomic mass is 32.2. The molecular formula is C13H17NO4S. The van der Waals surface area contributed by atoms with Gasteiger partial charge in [-0.15, -0.1) is 0 Å². The van der Waals surface area contributed by atoms with Crippen LogP contribution in [-0.2, 0) is 9.84 Å². The van der Waals surface area contributed by atoms with Crippen molar-refractivity contribution in [2.75, 3.05) is 12.3 Å². The van der Waals surface area contributed by atoms with E-state index in [0.29, 0.717) is 24.0 Å². The van der Waals surface area contributed by atoms with Crippen LogP contribution in [-0.4, -0.2) is 37.0 Å². The first-order valence-corrected chi connectivity index (χ1v) is 7.91. The molecule has 0 spiro atoms. The summed E-state index contributed by atoms with van der Waals surface area (Å²) in [6, 6.07) is 4.70. The number of hydrogen-bond acceptors (Lipinski definition) is 4. The fourth-order valence-electron chi connectivity index (χ4n) is 2.26. The molecule has 0 radical (unpaired) electrons. The van der Waals surface area contributed by atoms with Gasteiger partial charge in [0.2, 0.25) is 0 Å². The Labute approximate surface area is 112 Å². The Hall–Kier alpha value is -1.56. The van der Waals surface area contributed by atoms with E-state index in [1.807, 2.05) is 0 Å². The molecule has 2 rings (SSSR count). The lowest BCUT2D eigenvalue weighted by Crippen LogP contribution is -2.34. The third kappa shape index (κ3) is 2.89. The van der Waals surface area contributed by atoms with Crippen molar-refractivity contribution in [3.05, 3.63) is 29.3 Å². The maximum absolute atomic E-state index is 12.0. The van der Waals surface area contributed by atoms with E-state index in [0.717, 1.165) is 0 Å². The standard InChI is InChI=1S/C13H17NO4S/c1-9-11(5-2-6-12(9)15)13(16)14-8-10-4-3-7-19(10,17)18/h2,5-6,10,15H,3-4,7-8H2,1H3,(H,14,16). The Morgan fingerprint density at radius 1 is 1.47 bits per heavy atom. The van der Waals surface area contributed by atoms with Gasteiger partial charge in [0.15, 0.2) is 9.84 Å². The van der Waals surface area contributed by atoms with E-state index in [2.05, 4.69) is 5.32 Å². The number of rotatable bonds is 3. The first kappa shape index (κ1) is 13.9. The largest absolute Gasteiger partial charge is 0.508 e. The number of phenolic OH excluding ortho intramolecular Hbond substituents is 1. The molecule has 1 amide bonds. The number of amides is 1. The highest BCUT2D eigenvalue weighted by molar-refractivity contribution is 7.92. The summed E-state index contributed by atoms with van der Waals surface area (Å²) >= 11 is 0. The Kier molecular flexibility index (Phi) is 3.80. The summed E-state index contributed by atoms with van der Waals surface area (Å²) < 4.78 is 23.3. The zero-order chi connectivity index (χ0) is 14.0. The lowest BCUT2D eigenvalue weighted by Gasteiger charge is -2.12. The second-order valence-corrected chi connectivity index (χ2v) is 7.19. The molecule has 2 N–H and O–H groups in total. The molecule has 0 saturated carbocycles. The van der Waals surface area contributed by atoms with Gasteiger partial charge in [0.1, 0.15) is 5.75 Å². The summed E-state index contributed by atoms with van der Waals surface area (Å²) in [4.78, 5) is 12.0. The van der Waals surface area contributed by atoms with Crippen molar-refractivity contribution in [2.45, 2.75) is 25.0 Å². The second kappa shape index (κ2) is 5.21. The van der Waals surface area contributed by atoms with E-state index in [1.165, 1.54) is 6.07 Å². The molecule has 1 aliphatic heterocycles.